The maximum atomic E-state index is 13.0. The van der Waals surface area contributed by atoms with Crippen molar-refractivity contribution in [2.75, 3.05) is 33.3 Å². The number of hydrogen-bond acceptors (Lipinski definition) is 3. The molecule has 0 radical (unpaired) electrons. The van der Waals surface area contributed by atoms with Crippen LogP contribution in [0.4, 0.5) is 0 Å². The van der Waals surface area contributed by atoms with Gasteiger partial charge >= 0.3 is 0 Å². The van der Waals surface area contributed by atoms with E-state index in [0.717, 1.165) is 24.0 Å². The number of carbonyl (C=O) groups is 2. The highest BCUT2D eigenvalue weighted by Gasteiger charge is 2.30. The van der Waals surface area contributed by atoms with Crippen LogP contribution in [0, 0.1) is 19.8 Å². The number of ether oxygens (including phenoxy) is 1. The van der Waals surface area contributed by atoms with E-state index in [-0.39, 0.29) is 11.8 Å². The van der Waals surface area contributed by atoms with Crippen LogP contribution < -0.4 is 4.74 Å². The molecule has 5 nitrogen and oxygen atoms in total. The van der Waals surface area contributed by atoms with E-state index in [0.29, 0.717) is 43.4 Å². The lowest BCUT2D eigenvalue weighted by atomic mass is 9.88. The molecular formula is C21H30N2O3. The van der Waals surface area contributed by atoms with Crippen molar-refractivity contribution in [3.63, 3.8) is 0 Å². The van der Waals surface area contributed by atoms with Crippen molar-refractivity contribution in [3.05, 3.63) is 28.8 Å². The Balaban J connectivity index is 1.63. The number of piperazine rings is 1. The average Bonchev–Trinajstić information content (AvgIpc) is 2.69. The molecular weight excluding hydrogens is 328 g/mol. The van der Waals surface area contributed by atoms with Crippen LogP contribution in [0.5, 0.6) is 5.75 Å². The summed E-state index contributed by atoms with van der Waals surface area (Å²) in [7, 11) is 1.60. The minimum atomic E-state index is -0.00489. The van der Waals surface area contributed by atoms with Crippen molar-refractivity contribution >= 4 is 11.8 Å². The van der Waals surface area contributed by atoms with Gasteiger partial charge in [-0.2, -0.15) is 0 Å². The van der Waals surface area contributed by atoms with Gasteiger partial charge in [0.1, 0.15) is 5.75 Å². The summed E-state index contributed by atoms with van der Waals surface area (Å²) in [5.41, 5.74) is 2.81. The first kappa shape index (κ1) is 18.7. The monoisotopic (exact) mass is 358 g/mol. The van der Waals surface area contributed by atoms with Crippen molar-refractivity contribution in [2.24, 2.45) is 5.92 Å². The molecule has 5 heteroatoms. The molecule has 2 amide bonds. The third-order valence-corrected chi connectivity index (χ3v) is 5.88. The van der Waals surface area contributed by atoms with E-state index in [1.54, 1.807) is 7.11 Å². The van der Waals surface area contributed by atoms with Crippen molar-refractivity contribution in [1.82, 2.24) is 9.80 Å². The van der Waals surface area contributed by atoms with Crippen LogP contribution >= 0.6 is 0 Å². The lowest BCUT2D eigenvalue weighted by Gasteiger charge is -2.37. The van der Waals surface area contributed by atoms with Crippen LogP contribution in [0.2, 0.25) is 0 Å². The minimum Gasteiger partial charge on any atom is -0.496 e. The quantitative estimate of drug-likeness (QED) is 0.834. The second kappa shape index (κ2) is 8.11. The number of amides is 2. The normalized spacial score (nSPS) is 18.7. The van der Waals surface area contributed by atoms with E-state index in [1.807, 2.05) is 35.8 Å². The predicted molar refractivity (Wildman–Crippen MR) is 102 cm³/mol. The summed E-state index contributed by atoms with van der Waals surface area (Å²) in [4.78, 5) is 29.4. The predicted octanol–water partition coefficient (Wildman–Crippen LogP) is 3.18. The fourth-order valence-electron chi connectivity index (χ4n) is 4.03. The Bertz CT molecular complexity index is 672. The molecule has 1 aromatic rings. The number of methoxy groups -OCH3 is 1. The maximum Gasteiger partial charge on any atom is 0.257 e. The summed E-state index contributed by atoms with van der Waals surface area (Å²) in [5, 5.41) is 0. The number of rotatable bonds is 3. The second-order valence-corrected chi connectivity index (χ2v) is 7.59. The van der Waals surface area contributed by atoms with Crippen molar-refractivity contribution in [1.29, 1.82) is 0 Å². The number of aryl methyl sites for hydroxylation is 2. The highest BCUT2D eigenvalue weighted by Crippen LogP contribution is 2.27. The molecule has 0 unspecified atom stereocenters. The van der Waals surface area contributed by atoms with Crippen LogP contribution in [0.1, 0.15) is 53.6 Å². The molecule has 3 rings (SSSR count). The molecule has 142 valence electrons. The standard InChI is InChI=1S/C21H30N2O3/c1-15-13-18(19(26-3)14-16(15)2)21(25)23-11-9-22(10-12-23)20(24)17-7-5-4-6-8-17/h13-14,17H,4-12H2,1-3H3. The van der Waals surface area contributed by atoms with Gasteiger partial charge in [0.15, 0.2) is 0 Å². The third kappa shape index (κ3) is 3.87. The highest BCUT2D eigenvalue weighted by molar-refractivity contribution is 5.97. The Labute approximate surface area is 156 Å². The zero-order valence-corrected chi connectivity index (χ0v) is 16.2. The Morgan fingerprint density at radius 2 is 1.50 bits per heavy atom. The smallest absolute Gasteiger partial charge is 0.257 e. The third-order valence-electron chi connectivity index (χ3n) is 5.88. The first-order chi connectivity index (χ1) is 12.5. The Morgan fingerprint density at radius 1 is 0.923 bits per heavy atom. The molecule has 2 aliphatic rings. The average molecular weight is 358 g/mol. The first-order valence-corrected chi connectivity index (χ1v) is 9.74. The maximum absolute atomic E-state index is 13.0. The Kier molecular flexibility index (Phi) is 5.84. The van der Waals surface area contributed by atoms with Gasteiger partial charge < -0.3 is 14.5 Å². The van der Waals surface area contributed by atoms with Crippen LogP contribution in [0.3, 0.4) is 0 Å². The van der Waals surface area contributed by atoms with Gasteiger partial charge in [-0.3, -0.25) is 9.59 Å². The summed E-state index contributed by atoms with van der Waals surface area (Å²) in [6, 6.07) is 3.83. The fourth-order valence-corrected chi connectivity index (χ4v) is 4.03. The van der Waals surface area contributed by atoms with E-state index in [1.165, 1.54) is 19.3 Å². The zero-order chi connectivity index (χ0) is 18.7. The van der Waals surface area contributed by atoms with Gasteiger partial charge in [-0.25, -0.2) is 0 Å². The topological polar surface area (TPSA) is 49.9 Å². The summed E-state index contributed by atoms with van der Waals surface area (Å²) < 4.78 is 5.42. The molecule has 0 bridgehead atoms. The van der Waals surface area contributed by atoms with Crippen LogP contribution in [-0.4, -0.2) is 54.9 Å². The molecule has 1 saturated carbocycles. The number of hydrogen-bond donors (Lipinski definition) is 0. The summed E-state index contributed by atoms with van der Waals surface area (Å²) in [6.45, 7) is 6.47. The number of benzene rings is 1. The molecule has 1 aliphatic heterocycles. The van der Waals surface area contributed by atoms with E-state index < -0.39 is 0 Å². The SMILES string of the molecule is COc1cc(C)c(C)cc1C(=O)N1CCN(C(=O)C2CCCCC2)CC1. The van der Waals surface area contributed by atoms with Crippen molar-refractivity contribution in [3.8, 4) is 5.75 Å². The summed E-state index contributed by atoms with van der Waals surface area (Å²) in [5.74, 6) is 1.11. The molecule has 26 heavy (non-hydrogen) atoms. The molecule has 1 heterocycles. The Hall–Kier alpha value is -2.04. The van der Waals surface area contributed by atoms with Crippen molar-refractivity contribution < 1.29 is 14.3 Å². The van der Waals surface area contributed by atoms with Gasteiger partial charge in [0.25, 0.3) is 5.91 Å². The first-order valence-electron chi connectivity index (χ1n) is 9.74. The fraction of sp³-hybridized carbons (Fsp3) is 0.619. The molecule has 0 spiro atoms. The molecule has 2 fully saturated rings. The van der Waals surface area contributed by atoms with E-state index in [4.69, 9.17) is 4.74 Å². The lowest BCUT2D eigenvalue weighted by Crippen LogP contribution is -2.52. The van der Waals surface area contributed by atoms with E-state index in [9.17, 15) is 9.59 Å². The lowest BCUT2D eigenvalue weighted by molar-refractivity contribution is -0.138. The second-order valence-electron chi connectivity index (χ2n) is 7.59. The van der Waals surface area contributed by atoms with Crippen LogP contribution in [0.25, 0.3) is 0 Å². The minimum absolute atomic E-state index is 0.00489. The van der Waals surface area contributed by atoms with Gasteiger partial charge in [-0.15, -0.1) is 0 Å². The van der Waals surface area contributed by atoms with E-state index >= 15 is 0 Å². The number of carbonyl (C=O) groups excluding carboxylic acids is 2. The van der Waals surface area contributed by atoms with E-state index in [2.05, 4.69) is 0 Å². The van der Waals surface area contributed by atoms with Crippen LogP contribution in [-0.2, 0) is 4.79 Å². The summed E-state index contributed by atoms with van der Waals surface area (Å²) in [6.07, 6.45) is 5.64. The van der Waals surface area contributed by atoms with Gasteiger partial charge in [0.2, 0.25) is 5.91 Å². The molecule has 0 N–H and O–H groups in total. The largest absolute Gasteiger partial charge is 0.496 e. The van der Waals surface area contributed by atoms with Gasteiger partial charge in [0, 0.05) is 32.1 Å². The molecule has 0 aromatic heterocycles. The van der Waals surface area contributed by atoms with Crippen molar-refractivity contribution in [2.45, 2.75) is 46.0 Å². The zero-order valence-electron chi connectivity index (χ0n) is 16.2. The molecule has 1 aliphatic carbocycles. The van der Waals surface area contributed by atoms with Gasteiger partial charge in [-0.05, 0) is 49.9 Å². The summed E-state index contributed by atoms with van der Waals surface area (Å²) >= 11 is 0. The highest BCUT2D eigenvalue weighted by atomic mass is 16.5. The number of nitrogens with zero attached hydrogens (tertiary/aromatic N) is 2. The Morgan fingerprint density at radius 3 is 2.12 bits per heavy atom. The van der Waals surface area contributed by atoms with Crippen LogP contribution in [0.15, 0.2) is 12.1 Å². The van der Waals surface area contributed by atoms with Gasteiger partial charge in [-0.1, -0.05) is 19.3 Å². The molecule has 1 aromatic carbocycles. The van der Waals surface area contributed by atoms with Gasteiger partial charge in [0.05, 0.1) is 12.7 Å². The molecule has 0 atom stereocenters. The molecule has 1 saturated heterocycles.